The van der Waals surface area contributed by atoms with E-state index >= 15 is 0 Å². The molecule has 0 saturated carbocycles. The molecule has 0 bridgehead atoms. The number of halogens is 3. The summed E-state index contributed by atoms with van der Waals surface area (Å²) in [5.74, 6) is -0.568. The molecule has 1 heterocycles. The topological polar surface area (TPSA) is 43.8 Å². The van der Waals surface area contributed by atoms with E-state index in [2.05, 4.69) is 5.10 Å². The lowest BCUT2D eigenvalue weighted by Crippen LogP contribution is -1.99. The van der Waals surface area contributed by atoms with Crippen molar-refractivity contribution in [2.75, 3.05) is 5.73 Å². The van der Waals surface area contributed by atoms with E-state index in [0.717, 1.165) is 6.07 Å². The van der Waals surface area contributed by atoms with Gasteiger partial charge in [-0.15, -0.1) is 0 Å². The molecule has 0 atom stereocenters. The molecule has 0 spiro atoms. The van der Waals surface area contributed by atoms with Crippen LogP contribution in [0, 0.1) is 12.7 Å². The van der Waals surface area contributed by atoms with Crippen molar-refractivity contribution in [1.29, 1.82) is 0 Å². The van der Waals surface area contributed by atoms with Crippen molar-refractivity contribution in [1.82, 2.24) is 9.78 Å². The number of benzene rings is 1. The monoisotopic (exact) mass is 255 g/mol. The van der Waals surface area contributed by atoms with E-state index in [4.69, 9.17) is 5.73 Å². The maximum Gasteiger partial charge on any atom is 0.266 e. The van der Waals surface area contributed by atoms with E-state index in [1.54, 1.807) is 7.05 Å². The highest BCUT2D eigenvalue weighted by atomic mass is 19.3. The number of rotatable bonds is 2. The quantitative estimate of drug-likeness (QED) is 0.896. The van der Waals surface area contributed by atoms with Crippen molar-refractivity contribution in [3.05, 3.63) is 35.3 Å². The summed E-state index contributed by atoms with van der Waals surface area (Å²) in [6.45, 7) is 1.45. The third-order valence-corrected chi connectivity index (χ3v) is 2.85. The van der Waals surface area contributed by atoms with E-state index in [1.165, 1.54) is 23.9 Å². The van der Waals surface area contributed by atoms with Crippen molar-refractivity contribution in [2.45, 2.75) is 13.3 Å². The summed E-state index contributed by atoms with van der Waals surface area (Å²) in [7, 11) is 1.65. The molecule has 18 heavy (non-hydrogen) atoms. The van der Waals surface area contributed by atoms with E-state index in [1.807, 2.05) is 0 Å². The number of aryl methyl sites for hydroxylation is 2. The molecule has 2 N–H and O–H groups in total. The number of alkyl halides is 2. The third kappa shape index (κ3) is 1.94. The number of aromatic nitrogens is 2. The second-order valence-electron chi connectivity index (χ2n) is 4.06. The minimum atomic E-state index is -2.83. The molecule has 1 aromatic heterocycles. The van der Waals surface area contributed by atoms with Gasteiger partial charge in [-0.25, -0.2) is 13.2 Å². The molecule has 0 saturated heterocycles. The van der Waals surface area contributed by atoms with Crippen molar-refractivity contribution in [3.8, 4) is 11.1 Å². The maximum atomic E-state index is 13.6. The molecule has 2 aromatic rings. The molecular weight excluding hydrogens is 243 g/mol. The Morgan fingerprint density at radius 1 is 1.33 bits per heavy atom. The standard InChI is InChI=1S/C12H12F3N3/c1-6-3-7(4-9(13)10(6)11(14)15)8-5-17-18(2)12(8)16/h3-5,11H,16H2,1-2H3. The summed E-state index contributed by atoms with van der Waals surface area (Å²) < 4.78 is 40.3. The number of nitrogen functional groups attached to an aromatic ring is 1. The first-order chi connectivity index (χ1) is 8.41. The lowest BCUT2D eigenvalue weighted by Gasteiger charge is -2.09. The molecule has 2 rings (SSSR count). The lowest BCUT2D eigenvalue weighted by atomic mass is 10.0. The Hall–Kier alpha value is -1.98. The van der Waals surface area contributed by atoms with Crippen molar-refractivity contribution >= 4 is 5.82 Å². The van der Waals surface area contributed by atoms with Crippen molar-refractivity contribution in [3.63, 3.8) is 0 Å². The molecule has 0 fully saturated rings. The van der Waals surface area contributed by atoms with Crippen LogP contribution in [0.5, 0.6) is 0 Å². The van der Waals surface area contributed by atoms with Gasteiger partial charge in [0, 0.05) is 12.6 Å². The van der Waals surface area contributed by atoms with Gasteiger partial charge in [0.25, 0.3) is 6.43 Å². The van der Waals surface area contributed by atoms with Crippen LogP contribution in [0.1, 0.15) is 17.6 Å². The van der Waals surface area contributed by atoms with Crippen LogP contribution in [0.25, 0.3) is 11.1 Å². The summed E-state index contributed by atoms with van der Waals surface area (Å²) in [6, 6.07) is 2.54. The van der Waals surface area contributed by atoms with Crippen LogP contribution in [0.4, 0.5) is 19.0 Å². The van der Waals surface area contributed by atoms with Crippen LogP contribution in [0.15, 0.2) is 18.3 Å². The smallest absolute Gasteiger partial charge is 0.266 e. The van der Waals surface area contributed by atoms with E-state index < -0.39 is 17.8 Å². The molecule has 0 radical (unpaired) electrons. The minimum absolute atomic E-state index is 0.197. The second kappa shape index (κ2) is 4.36. The Kier molecular flexibility index (Phi) is 3.02. The molecule has 6 heteroatoms. The van der Waals surface area contributed by atoms with Gasteiger partial charge in [0.15, 0.2) is 0 Å². The van der Waals surface area contributed by atoms with E-state index in [9.17, 15) is 13.2 Å². The minimum Gasteiger partial charge on any atom is -0.383 e. The molecule has 1 aromatic carbocycles. The van der Waals surface area contributed by atoms with Gasteiger partial charge in [-0.05, 0) is 24.1 Å². The van der Waals surface area contributed by atoms with Gasteiger partial charge < -0.3 is 5.73 Å². The fourth-order valence-electron chi connectivity index (χ4n) is 1.86. The summed E-state index contributed by atoms with van der Waals surface area (Å²) in [5.41, 5.74) is 6.36. The summed E-state index contributed by atoms with van der Waals surface area (Å²) in [4.78, 5) is 0. The average Bonchev–Trinajstić information content (AvgIpc) is 2.58. The zero-order valence-electron chi connectivity index (χ0n) is 9.92. The van der Waals surface area contributed by atoms with Crippen molar-refractivity contribution in [2.24, 2.45) is 7.05 Å². The van der Waals surface area contributed by atoms with Crippen LogP contribution in [0.2, 0.25) is 0 Å². The first-order valence-corrected chi connectivity index (χ1v) is 5.28. The average molecular weight is 255 g/mol. The van der Waals surface area contributed by atoms with Crippen LogP contribution in [0.3, 0.4) is 0 Å². The summed E-state index contributed by atoms with van der Waals surface area (Å²) in [6.07, 6.45) is -1.35. The van der Waals surface area contributed by atoms with Gasteiger partial charge in [-0.3, -0.25) is 4.68 Å². The highest BCUT2D eigenvalue weighted by Gasteiger charge is 2.19. The summed E-state index contributed by atoms with van der Waals surface area (Å²) in [5, 5.41) is 3.93. The first kappa shape index (κ1) is 12.5. The van der Waals surface area contributed by atoms with Crippen LogP contribution >= 0.6 is 0 Å². The molecule has 3 nitrogen and oxygen atoms in total. The second-order valence-corrected chi connectivity index (χ2v) is 4.06. The summed E-state index contributed by atoms with van der Waals surface area (Å²) >= 11 is 0. The van der Waals surface area contributed by atoms with Gasteiger partial charge in [0.2, 0.25) is 0 Å². The van der Waals surface area contributed by atoms with Gasteiger partial charge in [-0.1, -0.05) is 6.07 Å². The zero-order valence-corrected chi connectivity index (χ0v) is 9.92. The Bertz CT molecular complexity index is 567. The number of hydrogen-bond donors (Lipinski definition) is 1. The Morgan fingerprint density at radius 3 is 2.44 bits per heavy atom. The number of nitrogens with zero attached hydrogens (tertiary/aromatic N) is 2. The number of nitrogens with two attached hydrogens (primary N) is 1. The van der Waals surface area contributed by atoms with E-state index in [0.29, 0.717) is 16.9 Å². The fraction of sp³-hybridized carbons (Fsp3) is 0.250. The number of anilines is 1. The Labute approximate surface area is 102 Å². The van der Waals surface area contributed by atoms with Crippen LogP contribution in [-0.4, -0.2) is 9.78 Å². The van der Waals surface area contributed by atoms with Crippen molar-refractivity contribution < 1.29 is 13.2 Å². The largest absolute Gasteiger partial charge is 0.383 e. The molecule has 0 unspecified atom stereocenters. The molecule has 0 aliphatic carbocycles. The SMILES string of the molecule is Cc1cc(-c2cnn(C)c2N)cc(F)c1C(F)F. The lowest BCUT2D eigenvalue weighted by molar-refractivity contribution is 0.145. The Morgan fingerprint density at radius 2 is 2.00 bits per heavy atom. The predicted molar refractivity (Wildman–Crippen MR) is 62.7 cm³/mol. The molecule has 0 aliphatic rings. The molecule has 0 amide bonds. The number of hydrogen-bond acceptors (Lipinski definition) is 2. The molecule has 0 aliphatic heterocycles. The van der Waals surface area contributed by atoms with Gasteiger partial charge in [0.1, 0.15) is 11.6 Å². The van der Waals surface area contributed by atoms with Gasteiger partial charge >= 0.3 is 0 Å². The normalized spacial score (nSPS) is 11.2. The highest BCUT2D eigenvalue weighted by molar-refractivity contribution is 5.74. The molecule has 96 valence electrons. The third-order valence-electron chi connectivity index (χ3n) is 2.85. The van der Waals surface area contributed by atoms with Crippen LogP contribution < -0.4 is 5.73 Å². The predicted octanol–water partition coefficient (Wildman–Crippen LogP) is 3.05. The first-order valence-electron chi connectivity index (χ1n) is 5.28. The highest BCUT2D eigenvalue weighted by Crippen LogP contribution is 2.32. The van der Waals surface area contributed by atoms with Gasteiger partial charge in [-0.2, -0.15) is 5.10 Å². The Balaban J connectivity index is 2.58. The van der Waals surface area contributed by atoms with E-state index in [-0.39, 0.29) is 5.56 Å². The zero-order chi connectivity index (χ0) is 13.4. The molecular formula is C12H12F3N3. The van der Waals surface area contributed by atoms with Crippen LogP contribution in [-0.2, 0) is 7.05 Å². The fourth-order valence-corrected chi connectivity index (χ4v) is 1.86. The maximum absolute atomic E-state index is 13.6. The van der Waals surface area contributed by atoms with Gasteiger partial charge in [0.05, 0.1) is 11.8 Å².